The number of non-ortho nitro benzene ring substituents is 1. The molecule has 128 valence electrons. The van der Waals surface area contributed by atoms with E-state index >= 15 is 0 Å². The fourth-order valence-corrected chi connectivity index (χ4v) is 3.25. The first kappa shape index (κ1) is 17.6. The molecule has 3 N–H and O–H groups in total. The second-order valence-corrected chi connectivity index (χ2v) is 7.26. The number of nitro groups is 1. The van der Waals surface area contributed by atoms with Crippen LogP contribution in [-0.4, -0.2) is 44.4 Å². The van der Waals surface area contributed by atoms with E-state index < -0.39 is 14.9 Å². The second kappa shape index (κ2) is 7.71. The molecule has 0 aromatic heterocycles. The van der Waals surface area contributed by atoms with Crippen LogP contribution in [0.3, 0.4) is 0 Å². The Morgan fingerprint density at radius 2 is 1.83 bits per heavy atom. The van der Waals surface area contributed by atoms with Crippen molar-refractivity contribution >= 4 is 21.4 Å². The number of primary sulfonamides is 1. The van der Waals surface area contributed by atoms with Gasteiger partial charge < -0.3 is 10.2 Å². The first-order valence-corrected chi connectivity index (χ1v) is 9.19. The molecule has 1 aliphatic heterocycles. The third-order valence-corrected chi connectivity index (χ3v) is 4.78. The van der Waals surface area contributed by atoms with E-state index in [2.05, 4.69) is 10.2 Å². The first-order valence-electron chi connectivity index (χ1n) is 7.65. The summed E-state index contributed by atoms with van der Waals surface area (Å²) >= 11 is 0. The molecule has 1 aliphatic rings. The molecule has 1 heterocycles. The largest absolute Gasteiger partial charge is 0.384 e. The Kier molecular flexibility index (Phi) is 5.91. The maximum absolute atomic E-state index is 11.4. The van der Waals surface area contributed by atoms with E-state index in [9.17, 15) is 18.5 Å². The van der Waals surface area contributed by atoms with Crippen molar-refractivity contribution in [1.29, 1.82) is 0 Å². The molecule has 0 amide bonds. The number of nitrogens with one attached hydrogen (secondary N) is 1. The number of rotatable bonds is 6. The van der Waals surface area contributed by atoms with Crippen molar-refractivity contribution in [3.63, 3.8) is 0 Å². The average molecular weight is 342 g/mol. The third kappa shape index (κ3) is 5.45. The summed E-state index contributed by atoms with van der Waals surface area (Å²) in [6.45, 7) is 3.51. The van der Waals surface area contributed by atoms with Gasteiger partial charge in [-0.25, -0.2) is 13.6 Å². The van der Waals surface area contributed by atoms with Gasteiger partial charge >= 0.3 is 0 Å². The van der Waals surface area contributed by atoms with Crippen molar-refractivity contribution in [1.82, 2.24) is 4.90 Å². The van der Waals surface area contributed by atoms with Gasteiger partial charge in [-0.05, 0) is 32.0 Å². The van der Waals surface area contributed by atoms with E-state index in [-0.39, 0.29) is 10.6 Å². The number of likely N-dealkylation sites (tertiary alicyclic amines) is 1. The summed E-state index contributed by atoms with van der Waals surface area (Å²) in [7, 11) is -3.99. The summed E-state index contributed by atoms with van der Waals surface area (Å²) in [6, 6.07) is 3.61. The van der Waals surface area contributed by atoms with E-state index in [0.717, 1.165) is 25.7 Å². The highest BCUT2D eigenvalue weighted by Crippen LogP contribution is 2.23. The van der Waals surface area contributed by atoms with Crippen LogP contribution in [0.25, 0.3) is 0 Å². The number of nitro benzene ring substituents is 1. The van der Waals surface area contributed by atoms with E-state index in [1.165, 1.54) is 37.8 Å². The van der Waals surface area contributed by atoms with Gasteiger partial charge in [-0.15, -0.1) is 0 Å². The van der Waals surface area contributed by atoms with Gasteiger partial charge in [0.1, 0.15) is 0 Å². The SMILES string of the molecule is NS(=O)(=O)c1cc(NCCN2CCCCCC2)cc([N+](=O)[O-])c1. The van der Waals surface area contributed by atoms with Crippen LogP contribution in [0.15, 0.2) is 23.1 Å². The monoisotopic (exact) mass is 342 g/mol. The van der Waals surface area contributed by atoms with E-state index in [0.29, 0.717) is 12.2 Å². The molecular weight excluding hydrogens is 320 g/mol. The van der Waals surface area contributed by atoms with Crippen molar-refractivity contribution in [2.75, 3.05) is 31.5 Å². The summed E-state index contributed by atoms with van der Waals surface area (Å²) in [6.07, 6.45) is 4.89. The molecule has 0 unspecified atom stereocenters. The van der Waals surface area contributed by atoms with Gasteiger partial charge in [-0.1, -0.05) is 12.8 Å². The molecule has 0 bridgehead atoms. The van der Waals surface area contributed by atoms with Gasteiger partial charge in [0, 0.05) is 30.9 Å². The molecule has 2 rings (SSSR count). The lowest BCUT2D eigenvalue weighted by molar-refractivity contribution is -0.385. The van der Waals surface area contributed by atoms with Gasteiger partial charge in [0.15, 0.2) is 0 Å². The lowest BCUT2D eigenvalue weighted by Gasteiger charge is -2.20. The average Bonchev–Trinajstić information content (AvgIpc) is 2.75. The fraction of sp³-hybridized carbons (Fsp3) is 0.571. The van der Waals surface area contributed by atoms with Crippen molar-refractivity contribution < 1.29 is 13.3 Å². The summed E-state index contributed by atoms with van der Waals surface area (Å²) in [5, 5.41) is 19.1. The third-order valence-electron chi connectivity index (χ3n) is 3.89. The molecule has 1 saturated heterocycles. The Labute approximate surface area is 135 Å². The van der Waals surface area contributed by atoms with Crippen LogP contribution in [0.4, 0.5) is 11.4 Å². The van der Waals surface area contributed by atoms with Crippen molar-refractivity contribution in [3.05, 3.63) is 28.3 Å². The number of hydrogen-bond donors (Lipinski definition) is 2. The number of sulfonamides is 1. The van der Waals surface area contributed by atoms with Crippen LogP contribution >= 0.6 is 0 Å². The molecule has 0 atom stereocenters. The number of nitrogens with two attached hydrogens (primary N) is 1. The Hall–Kier alpha value is -1.71. The van der Waals surface area contributed by atoms with Crippen LogP contribution in [0.1, 0.15) is 25.7 Å². The second-order valence-electron chi connectivity index (χ2n) is 5.70. The molecule has 0 spiro atoms. The van der Waals surface area contributed by atoms with Crippen LogP contribution in [-0.2, 0) is 10.0 Å². The number of nitrogens with zero attached hydrogens (tertiary/aromatic N) is 2. The summed E-state index contributed by atoms with van der Waals surface area (Å²) in [4.78, 5) is 12.4. The van der Waals surface area contributed by atoms with Crippen molar-refractivity contribution in [2.24, 2.45) is 5.14 Å². The molecule has 8 nitrogen and oxygen atoms in total. The molecule has 1 aromatic carbocycles. The van der Waals surface area contributed by atoms with Crippen molar-refractivity contribution in [3.8, 4) is 0 Å². The predicted molar refractivity (Wildman–Crippen MR) is 87.9 cm³/mol. The Bertz CT molecular complexity index is 655. The molecule has 23 heavy (non-hydrogen) atoms. The highest BCUT2D eigenvalue weighted by molar-refractivity contribution is 7.89. The molecule has 0 radical (unpaired) electrons. The highest BCUT2D eigenvalue weighted by Gasteiger charge is 2.16. The van der Waals surface area contributed by atoms with E-state index in [1.54, 1.807) is 0 Å². The lowest BCUT2D eigenvalue weighted by Crippen LogP contribution is -2.30. The Balaban J connectivity index is 2.03. The molecule has 0 aliphatic carbocycles. The van der Waals surface area contributed by atoms with E-state index in [4.69, 9.17) is 5.14 Å². The zero-order chi connectivity index (χ0) is 16.9. The van der Waals surface area contributed by atoms with Gasteiger partial charge in [-0.3, -0.25) is 10.1 Å². The van der Waals surface area contributed by atoms with Crippen LogP contribution < -0.4 is 10.5 Å². The summed E-state index contributed by atoms with van der Waals surface area (Å²) < 4.78 is 22.9. The molecule has 0 saturated carbocycles. The first-order chi connectivity index (χ1) is 10.9. The van der Waals surface area contributed by atoms with Gasteiger partial charge in [0.25, 0.3) is 5.69 Å². The van der Waals surface area contributed by atoms with E-state index in [1.807, 2.05) is 0 Å². The van der Waals surface area contributed by atoms with Crippen LogP contribution in [0, 0.1) is 10.1 Å². The molecular formula is C14H22N4O4S. The predicted octanol–water partition coefficient (Wildman–Crippen LogP) is 1.53. The van der Waals surface area contributed by atoms with Gasteiger partial charge in [0.2, 0.25) is 10.0 Å². The lowest BCUT2D eigenvalue weighted by atomic mass is 10.2. The minimum Gasteiger partial charge on any atom is -0.384 e. The summed E-state index contributed by atoms with van der Waals surface area (Å²) in [5.41, 5.74) is 0.0897. The Morgan fingerprint density at radius 3 is 2.39 bits per heavy atom. The maximum Gasteiger partial charge on any atom is 0.272 e. The minimum absolute atomic E-state index is 0.260. The smallest absolute Gasteiger partial charge is 0.272 e. The summed E-state index contributed by atoms with van der Waals surface area (Å²) in [5.74, 6) is 0. The fourth-order valence-electron chi connectivity index (χ4n) is 2.67. The zero-order valence-electron chi connectivity index (χ0n) is 12.9. The number of benzene rings is 1. The maximum atomic E-state index is 11.4. The van der Waals surface area contributed by atoms with Gasteiger partial charge in [-0.2, -0.15) is 0 Å². The Morgan fingerprint density at radius 1 is 1.17 bits per heavy atom. The normalized spacial score (nSPS) is 16.7. The van der Waals surface area contributed by atoms with Crippen LogP contribution in [0.5, 0.6) is 0 Å². The topological polar surface area (TPSA) is 119 Å². The highest BCUT2D eigenvalue weighted by atomic mass is 32.2. The quantitative estimate of drug-likeness (QED) is 0.598. The van der Waals surface area contributed by atoms with Gasteiger partial charge in [0.05, 0.1) is 9.82 Å². The minimum atomic E-state index is -3.99. The van der Waals surface area contributed by atoms with Crippen LogP contribution in [0.2, 0.25) is 0 Å². The number of hydrogen-bond acceptors (Lipinski definition) is 6. The van der Waals surface area contributed by atoms with Crippen molar-refractivity contribution in [2.45, 2.75) is 30.6 Å². The zero-order valence-corrected chi connectivity index (χ0v) is 13.7. The molecule has 1 fully saturated rings. The molecule has 9 heteroatoms. The number of anilines is 1. The standard InChI is InChI=1S/C14H22N4O4S/c15-23(21,22)14-10-12(9-13(11-14)18(19)20)16-5-8-17-6-3-1-2-4-7-17/h9-11,16H,1-8H2,(H2,15,21,22). The molecule has 1 aromatic rings.